The average molecular weight is 278 g/mol. The quantitative estimate of drug-likeness (QED) is 0.854. The number of pyridine rings is 1. The van der Waals surface area contributed by atoms with Gasteiger partial charge in [0, 0.05) is 38.1 Å². The van der Waals surface area contributed by atoms with Crippen molar-refractivity contribution < 1.29 is 8.42 Å². The standard InChI is InChI=1S/C10H15N3O2S.ClH/c1-9-8-13(6-5-12-9)16(14,15)10-3-2-4-11-7-10;/h2-4,7,9,12H,5-6,8H2,1H3;1H/t9-;/m1./s1. The van der Waals surface area contributed by atoms with Crippen LogP contribution in [0.4, 0.5) is 0 Å². The van der Waals surface area contributed by atoms with Crippen LogP contribution in [0.1, 0.15) is 6.92 Å². The topological polar surface area (TPSA) is 62.3 Å². The Kier molecular flexibility index (Phi) is 4.88. The summed E-state index contributed by atoms with van der Waals surface area (Å²) in [6.07, 6.45) is 2.96. The van der Waals surface area contributed by atoms with E-state index >= 15 is 0 Å². The normalized spacial score (nSPS) is 21.8. The molecule has 0 radical (unpaired) electrons. The van der Waals surface area contributed by atoms with Crippen LogP contribution in [0.25, 0.3) is 0 Å². The zero-order valence-corrected chi connectivity index (χ0v) is 11.2. The molecule has 1 aliphatic heterocycles. The van der Waals surface area contributed by atoms with Gasteiger partial charge < -0.3 is 5.32 Å². The Labute approximate surface area is 108 Å². The number of nitrogens with one attached hydrogen (secondary N) is 1. The van der Waals surface area contributed by atoms with Crippen molar-refractivity contribution in [2.75, 3.05) is 19.6 Å². The van der Waals surface area contributed by atoms with Crippen molar-refractivity contribution in [3.63, 3.8) is 0 Å². The number of nitrogens with zero attached hydrogens (tertiary/aromatic N) is 2. The van der Waals surface area contributed by atoms with E-state index in [1.54, 1.807) is 18.3 Å². The third kappa shape index (κ3) is 3.16. The van der Waals surface area contributed by atoms with Gasteiger partial charge in [-0.2, -0.15) is 4.31 Å². The Hall–Kier alpha value is -0.690. The van der Waals surface area contributed by atoms with Crippen molar-refractivity contribution in [2.24, 2.45) is 0 Å². The highest BCUT2D eigenvalue weighted by molar-refractivity contribution is 7.89. The average Bonchev–Trinajstić information content (AvgIpc) is 2.30. The fraction of sp³-hybridized carbons (Fsp3) is 0.500. The highest BCUT2D eigenvalue weighted by Crippen LogP contribution is 2.15. The van der Waals surface area contributed by atoms with Crippen molar-refractivity contribution in [1.82, 2.24) is 14.6 Å². The molecule has 7 heteroatoms. The summed E-state index contributed by atoms with van der Waals surface area (Å²) >= 11 is 0. The Morgan fingerprint density at radius 3 is 2.88 bits per heavy atom. The van der Waals surface area contributed by atoms with Gasteiger partial charge in [-0.15, -0.1) is 12.4 Å². The molecule has 1 saturated heterocycles. The summed E-state index contributed by atoms with van der Waals surface area (Å²) in [6.45, 7) is 3.70. The van der Waals surface area contributed by atoms with Crippen LogP contribution in [-0.4, -0.2) is 43.4 Å². The molecule has 2 heterocycles. The first kappa shape index (κ1) is 14.4. The molecule has 2 rings (SSSR count). The van der Waals surface area contributed by atoms with E-state index in [4.69, 9.17) is 0 Å². The molecule has 1 aliphatic rings. The van der Waals surface area contributed by atoms with E-state index in [2.05, 4.69) is 10.3 Å². The van der Waals surface area contributed by atoms with Crippen molar-refractivity contribution >= 4 is 22.4 Å². The molecule has 1 fully saturated rings. The van der Waals surface area contributed by atoms with E-state index in [1.165, 1.54) is 10.5 Å². The minimum Gasteiger partial charge on any atom is -0.312 e. The predicted octanol–water partition coefficient (Wildman–Crippen LogP) is 0.486. The maximum atomic E-state index is 12.2. The second kappa shape index (κ2) is 5.77. The van der Waals surface area contributed by atoms with E-state index in [-0.39, 0.29) is 23.3 Å². The summed E-state index contributed by atoms with van der Waals surface area (Å²) in [6, 6.07) is 3.41. The molecule has 0 bridgehead atoms. The number of hydrogen-bond acceptors (Lipinski definition) is 4. The van der Waals surface area contributed by atoms with Gasteiger partial charge in [-0.25, -0.2) is 8.42 Å². The van der Waals surface area contributed by atoms with Crippen molar-refractivity contribution in [3.8, 4) is 0 Å². The Balaban J connectivity index is 0.00000144. The highest BCUT2D eigenvalue weighted by Gasteiger charge is 2.28. The Morgan fingerprint density at radius 1 is 1.53 bits per heavy atom. The molecule has 1 atom stereocenters. The van der Waals surface area contributed by atoms with Crippen molar-refractivity contribution in [2.45, 2.75) is 17.9 Å². The smallest absolute Gasteiger partial charge is 0.244 e. The molecule has 1 aromatic rings. The van der Waals surface area contributed by atoms with Crippen LogP contribution in [0.2, 0.25) is 0 Å². The van der Waals surface area contributed by atoms with Crippen molar-refractivity contribution in [1.29, 1.82) is 0 Å². The lowest BCUT2D eigenvalue weighted by Crippen LogP contribution is -2.51. The molecular formula is C10H16ClN3O2S. The van der Waals surface area contributed by atoms with Gasteiger partial charge in [-0.3, -0.25) is 4.98 Å². The fourth-order valence-electron chi connectivity index (χ4n) is 1.76. The molecule has 0 saturated carbocycles. The number of piperazine rings is 1. The first-order chi connectivity index (χ1) is 7.60. The fourth-order valence-corrected chi connectivity index (χ4v) is 3.26. The van der Waals surface area contributed by atoms with E-state index in [1.807, 2.05) is 6.92 Å². The van der Waals surface area contributed by atoms with Crippen LogP contribution in [-0.2, 0) is 10.0 Å². The van der Waals surface area contributed by atoms with Gasteiger partial charge in [0.2, 0.25) is 10.0 Å². The third-order valence-electron chi connectivity index (χ3n) is 2.60. The summed E-state index contributed by atoms with van der Waals surface area (Å²) in [5, 5.41) is 3.21. The molecule has 1 N–H and O–H groups in total. The molecule has 17 heavy (non-hydrogen) atoms. The lowest BCUT2D eigenvalue weighted by Gasteiger charge is -2.30. The van der Waals surface area contributed by atoms with Gasteiger partial charge in [0.25, 0.3) is 0 Å². The van der Waals surface area contributed by atoms with Gasteiger partial charge in [0.1, 0.15) is 4.90 Å². The molecule has 96 valence electrons. The summed E-state index contributed by atoms with van der Waals surface area (Å²) in [5.41, 5.74) is 0. The van der Waals surface area contributed by atoms with E-state index < -0.39 is 10.0 Å². The molecule has 5 nitrogen and oxygen atoms in total. The minimum atomic E-state index is -3.36. The SMILES string of the molecule is C[C@@H]1CN(S(=O)(=O)c2cccnc2)CCN1.Cl. The van der Waals surface area contributed by atoms with Gasteiger partial charge in [0.05, 0.1) is 0 Å². The second-order valence-electron chi connectivity index (χ2n) is 3.91. The van der Waals surface area contributed by atoms with Crippen LogP contribution in [0.15, 0.2) is 29.4 Å². The lowest BCUT2D eigenvalue weighted by molar-refractivity contribution is 0.310. The van der Waals surface area contributed by atoms with Crippen LogP contribution >= 0.6 is 12.4 Å². The summed E-state index contributed by atoms with van der Waals surface area (Å²) < 4.78 is 25.9. The zero-order chi connectivity index (χ0) is 11.6. The molecule has 0 unspecified atom stereocenters. The van der Waals surface area contributed by atoms with E-state index in [0.29, 0.717) is 19.6 Å². The van der Waals surface area contributed by atoms with E-state index in [0.717, 1.165) is 0 Å². The van der Waals surface area contributed by atoms with Gasteiger partial charge in [0.15, 0.2) is 0 Å². The number of hydrogen-bond donors (Lipinski definition) is 1. The summed E-state index contributed by atoms with van der Waals surface area (Å²) in [5.74, 6) is 0. The third-order valence-corrected chi connectivity index (χ3v) is 4.45. The van der Waals surface area contributed by atoms with Crippen LogP contribution in [0, 0.1) is 0 Å². The maximum absolute atomic E-state index is 12.2. The summed E-state index contributed by atoms with van der Waals surface area (Å²) in [4.78, 5) is 4.11. The molecule has 0 spiro atoms. The lowest BCUT2D eigenvalue weighted by atomic mass is 10.3. The largest absolute Gasteiger partial charge is 0.312 e. The number of halogens is 1. The van der Waals surface area contributed by atoms with Gasteiger partial charge in [-0.1, -0.05) is 0 Å². The molecular weight excluding hydrogens is 262 g/mol. The van der Waals surface area contributed by atoms with Gasteiger partial charge in [-0.05, 0) is 19.1 Å². The first-order valence-corrected chi connectivity index (χ1v) is 6.68. The Morgan fingerprint density at radius 2 is 2.29 bits per heavy atom. The number of sulfonamides is 1. The predicted molar refractivity (Wildman–Crippen MR) is 67.7 cm³/mol. The summed E-state index contributed by atoms with van der Waals surface area (Å²) in [7, 11) is -3.36. The van der Waals surface area contributed by atoms with Crippen molar-refractivity contribution in [3.05, 3.63) is 24.5 Å². The van der Waals surface area contributed by atoms with Crippen LogP contribution < -0.4 is 5.32 Å². The molecule has 0 aromatic carbocycles. The minimum absolute atomic E-state index is 0. The molecule has 1 aromatic heterocycles. The first-order valence-electron chi connectivity index (χ1n) is 5.24. The van der Waals surface area contributed by atoms with Crippen LogP contribution in [0.3, 0.4) is 0 Å². The highest BCUT2D eigenvalue weighted by atomic mass is 35.5. The van der Waals surface area contributed by atoms with Gasteiger partial charge >= 0.3 is 0 Å². The van der Waals surface area contributed by atoms with E-state index in [9.17, 15) is 8.42 Å². The molecule has 0 aliphatic carbocycles. The molecule has 0 amide bonds. The second-order valence-corrected chi connectivity index (χ2v) is 5.84. The monoisotopic (exact) mass is 277 g/mol. The number of aromatic nitrogens is 1. The number of rotatable bonds is 2. The Bertz CT molecular complexity index is 452. The van der Waals surface area contributed by atoms with Crippen LogP contribution in [0.5, 0.6) is 0 Å². The zero-order valence-electron chi connectivity index (χ0n) is 9.54. The maximum Gasteiger partial charge on any atom is 0.244 e.